The maximum atomic E-state index is 13.4. The van der Waals surface area contributed by atoms with Gasteiger partial charge >= 0.3 is 0 Å². The van der Waals surface area contributed by atoms with E-state index in [-0.39, 0.29) is 5.43 Å². The van der Waals surface area contributed by atoms with Crippen LogP contribution in [0.2, 0.25) is 0 Å². The Morgan fingerprint density at radius 3 is 2.55 bits per heavy atom. The Balaban J connectivity index is 1.52. The van der Waals surface area contributed by atoms with Crippen molar-refractivity contribution in [3.05, 3.63) is 86.9 Å². The molecule has 158 valence electrons. The molecular weight excluding hydrogens is 422 g/mol. The molecule has 5 rings (SSSR count). The Morgan fingerprint density at radius 1 is 1.06 bits per heavy atom. The maximum Gasteiger partial charge on any atom is 0.211 e. The number of hydrogen-bond donors (Lipinski definition) is 0. The van der Waals surface area contributed by atoms with Crippen LogP contribution < -0.4 is 5.43 Å². The second-order valence-electron chi connectivity index (χ2n) is 7.75. The normalized spacial score (nSPS) is 14.1. The summed E-state index contributed by atoms with van der Waals surface area (Å²) < 4.78 is 2.17. The summed E-state index contributed by atoms with van der Waals surface area (Å²) in [5, 5.41) is 0.903. The van der Waals surface area contributed by atoms with Gasteiger partial charge in [-0.05, 0) is 36.3 Å². The second kappa shape index (κ2) is 8.99. The zero-order chi connectivity index (χ0) is 21.2. The molecule has 0 bridgehead atoms. The summed E-state index contributed by atoms with van der Waals surface area (Å²) in [5.74, 6) is 0.919. The summed E-state index contributed by atoms with van der Waals surface area (Å²) in [6.07, 6.45) is 1.84. The third-order valence-corrected chi connectivity index (χ3v) is 7.75. The minimum Gasteiger partial charge on any atom is -0.298 e. The first-order valence-electron chi connectivity index (χ1n) is 10.8. The first-order chi connectivity index (χ1) is 15.2. The van der Waals surface area contributed by atoms with E-state index in [0.29, 0.717) is 5.52 Å². The highest BCUT2D eigenvalue weighted by Gasteiger charge is 2.25. The minimum absolute atomic E-state index is 0.124. The summed E-state index contributed by atoms with van der Waals surface area (Å²) in [6.45, 7) is 4.91. The van der Waals surface area contributed by atoms with Gasteiger partial charge < -0.3 is 0 Å². The Kier molecular flexibility index (Phi) is 5.94. The molecule has 0 radical (unpaired) electrons. The summed E-state index contributed by atoms with van der Waals surface area (Å²) in [7, 11) is 0. The smallest absolute Gasteiger partial charge is 0.211 e. The molecule has 1 aliphatic rings. The fourth-order valence-corrected chi connectivity index (χ4v) is 6.28. The summed E-state index contributed by atoms with van der Waals surface area (Å²) >= 11 is 3.43. The molecule has 4 aromatic rings. The van der Waals surface area contributed by atoms with E-state index in [1.165, 1.54) is 10.4 Å². The average Bonchev–Trinajstić information content (AvgIpc) is 3.17. The van der Waals surface area contributed by atoms with Crippen molar-refractivity contribution in [1.29, 1.82) is 0 Å². The monoisotopic (exact) mass is 447 g/mol. The van der Waals surface area contributed by atoms with E-state index in [2.05, 4.69) is 58.9 Å². The number of fused-ring (bicyclic) bond motifs is 2. The van der Waals surface area contributed by atoms with E-state index >= 15 is 0 Å². The number of para-hydroxylation sites is 1. The molecule has 1 aliphatic heterocycles. The largest absolute Gasteiger partial charge is 0.298 e. The molecular formula is C25H25N3OS2. The number of imidazole rings is 1. The summed E-state index contributed by atoms with van der Waals surface area (Å²) in [6, 6.07) is 20.9. The number of rotatable bonds is 6. The van der Waals surface area contributed by atoms with Crippen LogP contribution in [0.25, 0.3) is 16.0 Å². The summed E-state index contributed by atoms with van der Waals surface area (Å²) in [5.41, 5.74) is 4.15. The minimum atomic E-state index is 0.124. The lowest BCUT2D eigenvalue weighted by molar-refractivity contribution is 0.260. The van der Waals surface area contributed by atoms with Crippen molar-refractivity contribution in [3.8, 4) is 5.69 Å². The molecule has 2 aromatic carbocycles. The van der Waals surface area contributed by atoms with Crippen molar-refractivity contribution in [1.82, 2.24) is 14.5 Å². The van der Waals surface area contributed by atoms with Crippen LogP contribution in [0.4, 0.5) is 0 Å². The van der Waals surface area contributed by atoms with Crippen LogP contribution in [0.15, 0.2) is 70.6 Å². The first-order valence-corrected chi connectivity index (χ1v) is 12.6. The van der Waals surface area contributed by atoms with Crippen LogP contribution in [0.3, 0.4) is 0 Å². The predicted octanol–water partition coefficient (Wildman–Crippen LogP) is 5.16. The zero-order valence-corrected chi connectivity index (χ0v) is 19.2. The van der Waals surface area contributed by atoms with Gasteiger partial charge in [0.05, 0.1) is 0 Å². The number of thioether (sulfide) groups is 1. The fraction of sp³-hybridized carbons (Fsp3) is 0.280. The Labute approximate surface area is 190 Å². The second-order valence-corrected chi connectivity index (χ2v) is 10.1. The first kappa shape index (κ1) is 20.5. The Hall–Kier alpha value is -2.41. The molecule has 0 saturated heterocycles. The van der Waals surface area contributed by atoms with E-state index in [1.54, 1.807) is 23.1 Å². The van der Waals surface area contributed by atoms with Gasteiger partial charge in [0.1, 0.15) is 10.3 Å². The van der Waals surface area contributed by atoms with Gasteiger partial charge in [-0.15, -0.1) is 11.3 Å². The van der Waals surface area contributed by atoms with Crippen LogP contribution in [0.1, 0.15) is 22.9 Å². The topological polar surface area (TPSA) is 38.1 Å². The van der Waals surface area contributed by atoms with Crippen LogP contribution >= 0.6 is 23.1 Å². The molecule has 6 heteroatoms. The van der Waals surface area contributed by atoms with Gasteiger partial charge in [0.2, 0.25) is 5.43 Å². The van der Waals surface area contributed by atoms with Crippen LogP contribution in [0.5, 0.6) is 0 Å². The van der Waals surface area contributed by atoms with Crippen molar-refractivity contribution in [2.75, 3.05) is 18.8 Å². The third kappa shape index (κ3) is 4.07. The van der Waals surface area contributed by atoms with E-state index in [4.69, 9.17) is 4.98 Å². The molecule has 4 nitrogen and oxygen atoms in total. The van der Waals surface area contributed by atoms with Gasteiger partial charge in [0.25, 0.3) is 0 Å². The molecule has 2 aromatic heterocycles. The number of nitrogens with zero attached hydrogens (tertiary/aromatic N) is 3. The van der Waals surface area contributed by atoms with Crippen molar-refractivity contribution < 1.29 is 0 Å². The molecule has 0 aliphatic carbocycles. The molecule has 31 heavy (non-hydrogen) atoms. The van der Waals surface area contributed by atoms with Crippen LogP contribution in [0, 0.1) is 0 Å². The Bertz CT molecular complexity index is 1250. The number of benzene rings is 2. The van der Waals surface area contributed by atoms with Gasteiger partial charge in [-0.25, -0.2) is 4.98 Å². The average molecular weight is 448 g/mol. The van der Waals surface area contributed by atoms with Crippen LogP contribution in [-0.2, 0) is 19.4 Å². The van der Waals surface area contributed by atoms with Crippen molar-refractivity contribution >= 4 is 33.4 Å². The lowest BCUT2D eigenvalue weighted by Gasteiger charge is -2.27. The molecule has 0 saturated carbocycles. The van der Waals surface area contributed by atoms with Crippen LogP contribution in [-0.4, -0.2) is 33.3 Å². The standard InChI is InChI=1S/C25H25N3OS2/c1-2-30-25-26-22-23(29)20-14-16-27(15-13-18-9-5-3-6-10-18)17-21(20)31-24(22)28(25)19-11-7-4-8-12-19/h3-12H,2,13-17H2,1H3. The van der Waals surface area contributed by atoms with E-state index in [9.17, 15) is 4.79 Å². The van der Waals surface area contributed by atoms with Gasteiger partial charge in [-0.1, -0.05) is 67.2 Å². The lowest BCUT2D eigenvalue weighted by atomic mass is 10.1. The summed E-state index contributed by atoms with van der Waals surface area (Å²) in [4.78, 5) is 22.8. The Morgan fingerprint density at radius 2 is 1.81 bits per heavy atom. The van der Waals surface area contributed by atoms with E-state index in [1.807, 2.05) is 18.2 Å². The lowest BCUT2D eigenvalue weighted by Crippen LogP contribution is -2.34. The van der Waals surface area contributed by atoms with Crippen molar-refractivity contribution in [2.24, 2.45) is 0 Å². The molecule has 0 spiro atoms. The highest BCUT2D eigenvalue weighted by atomic mass is 32.2. The van der Waals surface area contributed by atoms with E-state index in [0.717, 1.165) is 59.5 Å². The molecule has 0 fully saturated rings. The predicted molar refractivity (Wildman–Crippen MR) is 131 cm³/mol. The SMILES string of the molecule is CCSc1nc2c(=O)c3c(sc2n1-c1ccccc1)CN(CCc1ccccc1)CC3. The van der Waals surface area contributed by atoms with Gasteiger partial charge in [0, 0.05) is 35.8 Å². The molecule has 0 N–H and O–H groups in total. The van der Waals surface area contributed by atoms with Gasteiger partial charge in [-0.2, -0.15) is 0 Å². The van der Waals surface area contributed by atoms with Crippen molar-refractivity contribution in [2.45, 2.75) is 31.5 Å². The highest BCUT2D eigenvalue weighted by Crippen LogP contribution is 2.33. The molecule has 0 unspecified atom stereocenters. The maximum absolute atomic E-state index is 13.4. The highest BCUT2D eigenvalue weighted by molar-refractivity contribution is 7.99. The number of hydrogen-bond acceptors (Lipinski definition) is 5. The molecule has 0 amide bonds. The molecule has 0 atom stereocenters. The van der Waals surface area contributed by atoms with E-state index < -0.39 is 0 Å². The third-order valence-electron chi connectivity index (χ3n) is 5.74. The molecule has 3 heterocycles. The van der Waals surface area contributed by atoms with Gasteiger partial charge in [0.15, 0.2) is 5.16 Å². The van der Waals surface area contributed by atoms with Crippen molar-refractivity contribution in [3.63, 3.8) is 0 Å². The quantitative estimate of drug-likeness (QED) is 0.383. The fourth-order valence-electron chi connectivity index (χ4n) is 4.16. The zero-order valence-electron chi connectivity index (χ0n) is 17.6. The van der Waals surface area contributed by atoms with Gasteiger partial charge in [-0.3, -0.25) is 14.3 Å². The number of aromatic nitrogens is 2.